The minimum atomic E-state index is -0.401. The van der Waals surface area contributed by atoms with Crippen molar-refractivity contribution in [3.8, 4) is 0 Å². The van der Waals surface area contributed by atoms with Crippen LogP contribution in [0.5, 0.6) is 0 Å². The molecular formula is C9H10FNO2. The van der Waals surface area contributed by atoms with Gasteiger partial charge >= 0.3 is 0 Å². The predicted molar refractivity (Wildman–Crippen MR) is 46.7 cm³/mol. The van der Waals surface area contributed by atoms with E-state index in [-0.39, 0.29) is 18.9 Å². The molecule has 13 heavy (non-hydrogen) atoms. The van der Waals surface area contributed by atoms with Crippen LogP contribution in [-0.2, 0) is 4.79 Å². The van der Waals surface area contributed by atoms with E-state index in [1.54, 1.807) is 6.07 Å². The fourth-order valence-corrected chi connectivity index (χ4v) is 0.891. The molecule has 0 unspecified atom stereocenters. The number of aliphatic hydroxyl groups is 1. The Morgan fingerprint density at radius 1 is 1.54 bits per heavy atom. The first-order valence-electron chi connectivity index (χ1n) is 3.88. The number of halogens is 1. The molecule has 0 aliphatic heterocycles. The van der Waals surface area contributed by atoms with Gasteiger partial charge in [-0.15, -0.1) is 0 Å². The molecule has 0 aliphatic carbocycles. The molecule has 0 heterocycles. The Kier molecular flexibility index (Phi) is 3.40. The van der Waals surface area contributed by atoms with Gasteiger partial charge in [0.1, 0.15) is 5.82 Å². The molecule has 1 rings (SSSR count). The summed E-state index contributed by atoms with van der Waals surface area (Å²) in [6, 6.07) is 5.60. The number of carbonyl (C=O) groups is 1. The Morgan fingerprint density at radius 3 is 2.92 bits per heavy atom. The zero-order valence-electron chi connectivity index (χ0n) is 6.96. The van der Waals surface area contributed by atoms with Gasteiger partial charge in [-0.3, -0.25) is 4.79 Å². The van der Waals surface area contributed by atoms with Crippen LogP contribution in [0.25, 0.3) is 0 Å². The van der Waals surface area contributed by atoms with Crippen LogP contribution in [0.15, 0.2) is 24.3 Å². The lowest BCUT2D eigenvalue weighted by atomic mass is 10.3. The summed E-state index contributed by atoms with van der Waals surface area (Å²) in [7, 11) is 0. The third-order valence-corrected chi connectivity index (χ3v) is 1.45. The number of anilines is 1. The molecule has 0 atom stereocenters. The smallest absolute Gasteiger partial charge is 0.226 e. The van der Waals surface area contributed by atoms with Crippen molar-refractivity contribution < 1.29 is 14.3 Å². The fraction of sp³-hybridized carbons (Fsp3) is 0.222. The topological polar surface area (TPSA) is 49.3 Å². The molecule has 0 aromatic heterocycles. The third-order valence-electron chi connectivity index (χ3n) is 1.45. The molecule has 0 fully saturated rings. The quantitative estimate of drug-likeness (QED) is 0.738. The summed E-state index contributed by atoms with van der Waals surface area (Å²) in [6.45, 7) is -0.207. The van der Waals surface area contributed by atoms with Gasteiger partial charge in [0.15, 0.2) is 0 Å². The number of rotatable bonds is 3. The summed E-state index contributed by atoms with van der Waals surface area (Å²) < 4.78 is 12.6. The summed E-state index contributed by atoms with van der Waals surface area (Å²) in [5.41, 5.74) is 0.401. The highest BCUT2D eigenvalue weighted by atomic mass is 19.1. The summed E-state index contributed by atoms with van der Waals surface area (Å²) in [6.07, 6.45) is 0.0243. The van der Waals surface area contributed by atoms with E-state index < -0.39 is 5.82 Å². The fourth-order valence-electron chi connectivity index (χ4n) is 0.891. The summed E-state index contributed by atoms with van der Waals surface area (Å²) in [5, 5.41) is 10.9. The zero-order valence-corrected chi connectivity index (χ0v) is 6.96. The molecule has 0 saturated carbocycles. The van der Waals surface area contributed by atoms with Crippen LogP contribution in [0.1, 0.15) is 6.42 Å². The molecule has 4 heteroatoms. The van der Waals surface area contributed by atoms with Gasteiger partial charge in [0, 0.05) is 5.69 Å². The van der Waals surface area contributed by atoms with Gasteiger partial charge in [-0.25, -0.2) is 4.39 Å². The molecule has 0 aliphatic rings. The van der Waals surface area contributed by atoms with E-state index in [1.807, 2.05) is 0 Å². The average Bonchev–Trinajstić information content (AvgIpc) is 2.04. The van der Waals surface area contributed by atoms with E-state index >= 15 is 0 Å². The van der Waals surface area contributed by atoms with Crippen LogP contribution in [0.3, 0.4) is 0 Å². The van der Waals surface area contributed by atoms with E-state index in [2.05, 4.69) is 5.32 Å². The van der Waals surface area contributed by atoms with E-state index in [4.69, 9.17) is 5.11 Å². The van der Waals surface area contributed by atoms with Gasteiger partial charge in [-0.1, -0.05) is 6.07 Å². The standard InChI is InChI=1S/C9H10FNO2/c10-7-2-1-3-8(6-7)11-9(13)4-5-12/h1-3,6,12H,4-5H2,(H,11,13). The molecule has 1 aromatic carbocycles. The first-order chi connectivity index (χ1) is 6.22. The molecule has 0 spiro atoms. The maximum Gasteiger partial charge on any atom is 0.226 e. The maximum atomic E-state index is 12.6. The van der Waals surface area contributed by atoms with Crippen LogP contribution in [0.2, 0.25) is 0 Å². The third kappa shape index (κ3) is 3.21. The van der Waals surface area contributed by atoms with Crippen molar-refractivity contribution in [2.75, 3.05) is 11.9 Å². The second-order valence-corrected chi connectivity index (χ2v) is 2.53. The average molecular weight is 183 g/mol. The number of aliphatic hydroxyl groups excluding tert-OH is 1. The van der Waals surface area contributed by atoms with Crippen LogP contribution in [0, 0.1) is 5.82 Å². The van der Waals surface area contributed by atoms with Crippen LogP contribution >= 0.6 is 0 Å². The molecular weight excluding hydrogens is 173 g/mol. The van der Waals surface area contributed by atoms with Crippen molar-refractivity contribution >= 4 is 11.6 Å². The second-order valence-electron chi connectivity index (χ2n) is 2.53. The zero-order chi connectivity index (χ0) is 9.68. The molecule has 3 nitrogen and oxygen atoms in total. The predicted octanol–water partition coefficient (Wildman–Crippen LogP) is 1.15. The lowest BCUT2D eigenvalue weighted by Gasteiger charge is -2.02. The second kappa shape index (κ2) is 4.57. The highest BCUT2D eigenvalue weighted by Crippen LogP contribution is 2.08. The molecule has 1 amide bonds. The van der Waals surface area contributed by atoms with Crippen molar-refractivity contribution in [3.63, 3.8) is 0 Å². The molecule has 70 valence electrons. The Labute approximate surface area is 75.2 Å². The van der Waals surface area contributed by atoms with Crippen LogP contribution in [-0.4, -0.2) is 17.6 Å². The number of hydrogen-bond donors (Lipinski definition) is 2. The first-order valence-corrected chi connectivity index (χ1v) is 3.88. The van der Waals surface area contributed by atoms with Crippen molar-refractivity contribution in [1.82, 2.24) is 0 Å². The van der Waals surface area contributed by atoms with Gasteiger partial charge in [0.25, 0.3) is 0 Å². The Balaban J connectivity index is 2.58. The van der Waals surface area contributed by atoms with Crippen molar-refractivity contribution in [2.24, 2.45) is 0 Å². The number of carbonyl (C=O) groups excluding carboxylic acids is 1. The number of amides is 1. The molecule has 0 saturated heterocycles. The van der Waals surface area contributed by atoms with E-state index in [1.165, 1.54) is 18.2 Å². The highest BCUT2D eigenvalue weighted by molar-refractivity contribution is 5.90. The van der Waals surface area contributed by atoms with Crippen molar-refractivity contribution in [3.05, 3.63) is 30.1 Å². The maximum absolute atomic E-state index is 12.6. The lowest BCUT2D eigenvalue weighted by Crippen LogP contribution is -2.12. The molecule has 1 aromatic rings. The van der Waals surface area contributed by atoms with Crippen molar-refractivity contribution in [1.29, 1.82) is 0 Å². The first kappa shape index (κ1) is 9.67. The normalized spacial score (nSPS) is 9.69. The minimum absolute atomic E-state index is 0.0243. The largest absolute Gasteiger partial charge is 0.396 e. The Bertz CT molecular complexity index is 301. The van der Waals surface area contributed by atoms with Gasteiger partial charge in [0.2, 0.25) is 5.91 Å². The SMILES string of the molecule is O=C(CCO)Nc1cccc(F)c1. The van der Waals surface area contributed by atoms with Crippen LogP contribution < -0.4 is 5.32 Å². The van der Waals surface area contributed by atoms with E-state index in [9.17, 15) is 9.18 Å². The van der Waals surface area contributed by atoms with Gasteiger partial charge in [0.05, 0.1) is 13.0 Å². The van der Waals surface area contributed by atoms with Gasteiger partial charge in [-0.2, -0.15) is 0 Å². The van der Waals surface area contributed by atoms with E-state index in [0.29, 0.717) is 5.69 Å². The van der Waals surface area contributed by atoms with Crippen molar-refractivity contribution in [2.45, 2.75) is 6.42 Å². The number of benzene rings is 1. The summed E-state index contributed by atoms with van der Waals surface area (Å²) in [4.78, 5) is 10.9. The minimum Gasteiger partial charge on any atom is -0.396 e. The van der Waals surface area contributed by atoms with Crippen LogP contribution in [0.4, 0.5) is 10.1 Å². The Morgan fingerprint density at radius 2 is 2.31 bits per heavy atom. The highest BCUT2D eigenvalue weighted by Gasteiger charge is 2.00. The van der Waals surface area contributed by atoms with Gasteiger partial charge in [-0.05, 0) is 18.2 Å². The monoisotopic (exact) mass is 183 g/mol. The van der Waals surface area contributed by atoms with E-state index in [0.717, 1.165) is 0 Å². The summed E-state index contributed by atoms with van der Waals surface area (Å²) in [5.74, 6) is -0.727. The molecule has 2 N–H and O–H groups in total. The molecule has 0 radical (unpaired) electrons. The molecule has 0 bridgehead atoms. The Hall–Kier alpha value is -1.42. The number of nitrogens with one attached hydrogen (secondary N) is 1. The summed E-state index contributed by atoms with van der Waals surface area (Å²) >= 11 is 0. The van der Waals surface area contributed by atoms with Gasteiger partial charge < -0.3 is 10.4 Å². The number of hydrogen-bond acceptors (Lipinski definition) is 2. The lowest BCUT2D eigenvalue weighted by molar-refractivity contribution is -0.116.